The molecule has 0 aliphatic carbocycles. The van der Waals surface area contributed by atoms with E-state index in [1.807, 2.05) is 0 Å². The summed E-state index contributed by atoms with van der Waals surface area (Å²) in [6.45, 7) is 4.08. The third kappa shape index (κ3) is 5.21. The summed E-state index contributed by atoms with van der Waals surface area (Å²) >= 11 is 0. The summed E-state index contributed by atoms with van der Waals surface area (Å²) in [6, 6.07) is 8.62. The number of rotatable bonds is 4. The van der Waals surface area contributed by atoms with E-state index in [0.717, 1.165) is 12.1 Å². The van der Waals surface area contributed by atoms with Crippen LogP contribution in [-0.2, 0) is 13.1 Å². The number of aliphatic imine (C=N–C) groups is 1. The topological polar surface area (TPSA) is 67.6 Å². The molecule has 0 bridgehead atoms. The Labute approximate surface area is 121 Å². The van der Waals surface area contributed by atoms with E-state index in [-0.39, 0.29) is 5.96 Å². The number of benzene rings is 1. The molecular formula is C16H26N4. The van der Waals surface area contributed by atoms with Crippen LogP contribution in [0.4, 0.5) is 0 Å². The summed E-state index contributed by atoms with van der Waals surface area (Å²) in [5.74, 6) is 0.148. The number of guanidine groups is 1. The molecule has 0 unspecified atom stereocenters. The van der Waals surface area contributed by atoms with Crippen molar-refractivity contribution in [2.24, 2.45) is 16.5 Å². The van der Waals surface area contributed by atoms with E-state index >= 15 is 0 Å². The van der Waals surface area contributed by atoms with E-state index in [9.17, 15) is 0 Å². The third-order valence-electron chi connectivity index (χ3n) is 3.82. The van der Waals surface area contributed by atoms with Crippen molar-refractivity contribution in [2.45, 2.75) is 45.2 Å². The summed E-state index contributed by atoms with van der Waals surface area (Å²) in [4.78, 5) is 6.60. The summed E-state index contributed by atoms with van der Waals surface area (Å²) in [5.41, 5.74) is 13.2. The summed E-state index contributed by atoms with van der Waals surface area (Å²) < 4.78 is 0. The van der Waals surface area contributed by atoms with Gasteiger partial charge < -0.3 is 11.5 Å². The SMILES string of the molecule is NC(N)=NCc1ccc(CN2CCCCCCC2)cc1. The van der Waals surface area contributed by atoms with E-state index < -0.39 is 0 Å². The molecule has 4 nitrogen and oxygen atoms in total. The average molecular weight is 274 g/mol. The number of nitrogens with zero attached hydrogens (tertiary/aromatic N) is 2. The fourth-order valence-electron chi connectivity index (χ4n) is 2.66. The Morgan fingerprint density at radius 3 is 2.05 bits per heavy atom. The Morgan fingerprint density at radius 1 is 0.900 bits per heavy atom. The second-order valence-corrected chi connectivity index (χ2v) is 5.60. The molecule has 0 spiro atoms. The standard InChI is InChI=1S/C16H26N4/c17-16(18)19-12-14-6-8-15(9-7-14)13-20-10-4-2-1-3-5-11-20/h6-9H,1-5,10-13H2,(H4,17,18,19). The molecule has 0 radical (unpaired) electrons. The highest BCUT2D eigenvalue weighted by Gasteiger charge is 2.08. The van der Waals surface area contributed by atoms with Crippen LogP contribution in [0.25, 0.3) is 0 Å². The highest BCUT2D eigenvalue weighted by atomic mass is 15.1. The zero-order valence-electron chi connectivity index (χ0n) is 12.2. The van der Waals surface area contributed by atoms with Crippen LogP contribution in [0, 0.1) is 0 Å². The van der Waals surface area contributed by atoms with Gasteiger partial charge in [0.1, 0.15) is 0 Å². The number of nitrogens with two attached hydrogens (primary N) is 2. The molecule has 1 fully saturated rings. The molecular weight excluding hydrogens is 248 g/mol. The lowest BCUT2D eigenvalue weighted by Crippen LogP contribution is -2.26. The van der Waals surface area contributed by atoms with Crippen LogP contribution >= 0.6 is 0 Å². The smallest absolute Gasteiger partial charge is 0.186 e. The van der Waals surface area contributed by atoms with E-state index in [0.29, 0.717) is 6.54 Å². The van der Waals surface area contributed by atoms with Crippen LogP contribution in [0.5, 0.6) is 0 Å². The van der Waals surface area contributed by atoms with Crippen molar-refractivity contribution in [1.29, 1.82) is 0 Å². The van der Waals surface area contributed by atoms with E-state index in [4.69, 9.17) is 11.5 Å². The zero-order valence-corrected chi connectivity index (χ0v) is 12.2. The molecule has 110 valence electrons. The molecule has 0 amide bonds. The molecule has 4 heteroatoms. The molecule has 4 N–H and O–H groups in total. The zero-order chi connectivity index (χ0) is 14.2. The monoisotopic (exact) mass is 274 g/mol. The number of likely N-dealkylation sites (tertiary alicyclic amines) is 1. The Morgan fingerprint density at radius 2 is 1.45 bits per heavy atom. The Hall–Kier alpha value is -1.55. The average Bonchev–Trinajstić information content (AvgIpc) is 2.41. The van der Waals surface area contributed by atoms with E-state index in [1.54, 1.807) is 0 Å². The normalized spacial score (nSPS) is 17.2. The van der Waals surface area contributed by atoms with Crippen molar-refractivity contribution >= 4 is 5.96 Å². The largest absolute Gasteiger partial charge is 0.370 e. The first kappa shape index (κ1) is 14.9. The Bertz CT molecular complexity index is 413. The van der Waals surface area contributed by atoms with Gasteiger partial charge in [0.15, 0.2) is 5.96 Å². The van der Waals surface area contributed by atoms with Crippen LogP contribution in [0.1, 0.15) is 43.2 Å². The molecule has 1 aromatic carbocycles. The van der Waals surface area contributed by atoms with Gasteiger partial charge >= 0.3 is 0 Å². The Kier molecular flexibility index (Phi) is 5.87. The second kappa shape index (κ2) is 7.90. The van der Waals surface area contributed by atoms with Crippen LogP contribution in [0.3, 0.4) is 0 Å². The lowest BCUT2D eigenvalue weighted by molar-refractivity contribution is 0.240. The van der Waals surface area contributed by atoms with Crippen LogP contribution in [0.2, 0.25) is 0 Å². The predicted octanol–water partition coefficient (Wildman–Crippen LogP) is 2.23. The van der Waals surface area contributed by atoms with Gasteiger partial charge in [-0.3, -0.25) is 4.90 Å². The minimum atomic E-state index is 0.148. The van der Waals surface area contributed by atoms with Crippen molar-refractivity contribution in [3.8, 4) is 0 Å². The summed E-state index contributed by atoms with van der Waals surface area (Å²) in [6.07, 6.45) is 6.85. The van der Waals surface area contributed by atoms with Gasteiger partial charge in [-0.15, -0.1) is 0 Å². The first-order valence-electron chi connectivity index (χ1n) is 7.59. The first-order chi connectivity index (χ1) is 9.74. The van der Waals surface area contributed by atoms with Crippen molar-refractivity contribution in [2.75, 3.05) is 13.1 Å². The fraction of sp³-hybridized carbons (Fsp3) is 0.562. The molecule has 0 atom stereocenters. The van der Waals surface area contributed by atoms with Gasteiger partial charge in [-0.05, 0) is 37.1 Å². The quantitative estimate of drug-likeness (QED) is 0.653. The molecule has 2 rings (SSSR count). The van der Waals surface area contributed by atoms with E-state index in [2.05, 4.69) is 34.2 Å². The molecule has 0 aromatic heterocycles. The minimum absolute atomic E-state index is 0.148. The van der Waals surface area contributed by atoms with Gasteiger partial charge in [0.2, 0.25) is 0 Å². The molecule has 1 heterocycles. The third-order valence-corrected chi connectivity index (χ3v) is 3.82. The number of hydrogen-bond donors (Lipinski definition) is 2. The lowest BCUT2D eigenvalue weighted by Gasteiger charge is -2.24. The van der Waals surface area contributed by atoms with Gasteiger partial charge in [-0.25, -0.2) is 4.99 Å². The van der Waals surface area contributed by atoms with Gasteiger partial charge in [0, 0.05) is 6.54 Å². The van der Waals surface area contributed by atoms with Crippen molar-refractivity contribution < 1.29 is 0 Å². The minimum Gasteiger partial charge on any atom is -0.370 e. The lowest BCUT2D eigenvalue weighted by atomic mass is 10.1. The maximum absolute atomic E-state index is 5.34. The van der Waals surface area contributed by atoms with E-state index in [1.165, 1.54) is 50.8 Å². The van der Waals surface area contributed by atoms with Crippen molar-refractivity contribution in [1.82, 2.24) is 4.90 Å². The van der Waals surface area contributed by atoms with Gasteiger partial charge in [-0.2, -0.15) is 0 Å². The van der Waals surface area contributed by atoms with Crippen molar-refractivity contribution in [3.05, 3.63) is 35.4 Å². The van der Waals surface area contributed by atoms with Crippen LogP contribution in [0.15, 0.2) is 29.3 Å². The summed E-state index contributed by atoms with van der Waals surface area (Å²) in [5, 5.41) is 0. The Balaban J connectivity index is 1.87. The molecule has 20 heavy (non-hydrogen) atoms. The van der Waals surface area contributed by atoms with Crippen LogP contribution < -0.4 is 11.5 Å². The van der Waals surface area contributed by atoms with Gasteiger partial charge in [0.25, 0.3) is 0 Å². The molecule has 1 aliphatic heterocycles. The van der Waals surface area contributed by atoms with Crippen LogP contribution in [-0.4, -0.2) is 23.9 Å². The molecule has 1 aliphatic rings. The predicted molar refractivity (Wildman–Crippen MR) is 84.3 cm³/mol. The molecule has 0 saturated carbocycles. The highest BCUT2D eigenvalue weighted by Crippen LogP contribution is 2.14. The second-order valence-electron chi connectivity index (χ2n) is 5.60. The van der Waals surface area contributed by atoms with Gasteiger partial charge in [0.05, 0.1) is 6.54 Å². The molecule has 1 aromatic rings. The number of hydrogen-bond acceptors (Lipinski definition) is 2. The van der Waals surface area contributed by atoms with Crippen molar-refractivity contribution in [3.63, 3.8) is 0 Å². The van der Waals surface area contributed by atoms with Gasteiger partial charge in [-0.1, -0.05) is 43.5 Å². The maximum Gasteiger partial charge on any atom is 0.186 e. The summed E-state index contributed by atoms with van der Waals surface area (Å²) in [7, 11) is 0. The first-order valence-corrected chi connectivity index (χ1v) is 7.59. The maximum atomic E-state index is 5.34. The fourth-order valence-corrected chi connectivity index (χ4v) is 2.66. The highest BCUT2D eigenvalue weighted by molar-refractivity contribution is 5.75. The molecule has 1 saturated heterocycles.